The molecule has 1 aliphatic rings. The maximum atomic E-state index is 12.6. The highest BCUT2D eigenvalue weighted by molar-refractivity contribution is 5.81. The lowest BCUT2D eigenvalue weighted by molar-refractivity contribution is -0.137. The van der Waals surface area contributed by atoms with Gasteiger partial charge in [0.2, 0.25) is 5.91 Å². The Morgan fingerprint density at radius 2 is 2.15 bits per heavy atom. The third-order valence-corrected chi connectivity index (χ3v) is 3.35. The van der Waals surface area contributed by atoms with E-state index in [0.717, 1.165) is 37.9 Å². The van der Waals surface area contributed by atoms with Crippen LogP contribution in [0.1, 0.15) is 30.4 Å². The zero-order chi connectivity index (χ0) is 14.6. The molecule has 20 heavy (non-hydrogen) atoms. The summed E-state index contributed by atoms with van der Waals surface area (Å²) in [6.07, 6.45) is -1.54. The van der Waals surface area contributed by atoms with Crippen molar-refractivity contribution in [2.75, 3.05) is 6.54 Å². The molecule has 0 spiro atoms. The van der Waals surface area contributed by atoms with Gasteiger partial charge in [-0.15, -0.1) is 0 Å². The van der Waals surface area contributed by atoms with Crippen LogP contribution in [0.5, 0.6) is 0 Å². The quantitative estimate of drug-likeness (QED) is 0.896. The summed E-state index contributed by atoms with van der Waals surface area (Å²) in [7, 11) is 0. The van der Waals surface area contributed by atoms with E-state index in [1.54, 1.807) is 6.07 Å². The van der Waals surface area contributed by atoms with Crippen LogP contribution in [-0.4, -0.2) is 18.5 Å². The minimum absolute atomic E-state index is 0.112. The van der Waals surface area contributed by atoms with Crippen molar-refractivity contribution < 1.29 is 18.0 Å². The van der Waals surface area contributed by atoms with E-state index in [9.17, 15) is 18.0 Å². The first-order valence-corrected chi connectivity index (χ1v) is 6.64. The normalized spacial score (nSPS) is 19.6. The Morgan fingerprint density at radius 1 is 1.35 bits per heavy atom. The number of hydrogen-bond acceptors (Lipinski definition) is 2. The highest BCUT2D eigenvalue weighted by Gasteiger charge is 2.30. The highest BCUT2D eigenvalue weighted by atomic mass is 19.4. The Morgan fingerprint density at radius 3 is 2.80 bits per heavy atom. The van der Waals surface area contributed by atoms with Gasteiger partial charge in [-0.3, -0.25) is 4.79 Å². The molecule has 1 heterocycles. The standard InChI is InChI=1S/C14H17F3N2O/c15-14(16,17)11-5-3-4-10(8-11)9-19-13(20)12-6-1-2-7-18-12/h3-5,8,12,18H,1-2,6-7,9H2,(H,19,20)/t12-/m0/s1. The van der Waals surface area contributed by atoms with Gasteiger partial charge in [0.15, 0.2) is 0 Å². The second-order valence-corrected chi connectivity index (χ2v) is 4.92. The number of amides is 1. The average molecular weight is 286 g/mol. The fraction of sp³-hybridized carbons (Fsp3) is 0.500. The van der Waals surface area contributed by atoms with Gasteiger partial charge in [0.1, 0.15) is 0 Å². The van der Waals surface area contributed by atoms with Gasteiger partial charge in [0.05, 0.1) is 11.6 Å². The number of carbonyl (C=O) groups is 1. The molecular weight excluding hydrogens is 269 g/mol. The van der Waals surface area contributed by atoms with E-state index >= 15 is 0 Å². The Hall–Kier alpha value is -1.56. The molecule has 2 rings (SSSR count). The first kappa shape index (κ1) is 14.8. The van der Waals surface area contributed by atoms with E-state index in [2.05, 4.69) is 10.6 Å². The van der Waals surface area contributed by atoms with Crippen molar-refractivity contribution in [1.82, 2.24) is 10.6 Å². The van der Waals surface area contributed by atoms with E-state index in [4.69, 9.17) is 0 Å². The van der Waals surface area contributed by atoms with Gasteiger partial charge in [-0.25, -0.2) is 0 Å². The number of alkyl halides is 3. The summed E-state index contributed by atoms with van der Waals surface area (Å²) in [5.74, 6) is -0.151. The van der Waals surface area contributed by atoms with E-state index < -0.39 is 11.7 Å². The van der Waals surface area contributed by atoms with Crippen molar-refractivity contribution in [1.29, 1.82) is 0 Å². The molecule has 1 atom stereocenters. The number of carbonyl (C=O) groups excluding carboxylic acids is 1. The van der Waals surface area contributed by atoms with Crippen LogP contribution in [0.2, 0.25) is 0 Å². The van der Waals surface area contributed by atoms with Gasteiger partial charge in [0.25, 0.3) is 0 Å². The summed E-state index contributed by atoms with van der Waals surface area (Å²) in [5.41, 5.74) is -0.246. The van der Waals surface area contributed by atoms with Crippen LogP contribution in [0.3, 0.4) is 0 Å². The molecule has 1 amide bonds. The molecule has 1 saturated heterocycles. The number of halogens is 3. The summed E-state index contributed by atoms with van der Waals surface area (Å²) in [5, 5.41) is 5.78. The van der Waals surface area contributed by atoms with E-state index in [-0.39, 0.29) is 18.5 Å². The average Bonchev–Trinajstić information content (AvgIpc) is 2.45. The SMILES string of the molecule is O=C(NCc1cccc(C(F)(F)F)c1)[C@@H]1CCCCN1. The minimum atomic E-state index is -4.36. The fourth-order valence-corrected chi connectivity index (χ4v) is 2.25. The lowest BCUT2D eigenvalue weighted by Crippen LogP contribution is -2.46. The van der Waals surface area contributed by atoms with Crippen molar-refractivity contribution in [2.45, 2.75) is 38.0 Å². The van der Waals surface area contributed by atoms with Crippen LogP contribution in [-0.2, 0) is 17.5 Å². The number of benzene rings is 1. The fourth-order valence-electron chi connectivity index (χ4n) is 2.25. The molecule has 0 unspecified atom stereocenters. The molecule has 110 valence electrons. The molecule has 0 aromatic heterocycles. The van der Waals surface area contributed by atoms with Crippen LogP contribution in [0.4, 0.5) is 13.2 Å². The molecule has 1 aliphatic heterocycles. The smallest absolute Gasteiger partial charge is 0.351 e. The van der Waals surface area contributed by atoms with Gasteiger partial charge in [-0.1, -0.05) is 18.6 Å². The lowest BCUT2D eigenvalue weighted by Gasteiger charge is -2.22. The number of piperidine rings is 1. The third kappa shape index (κ3) is 3.96. The van der Waals surface area contributed by atoms with Crippen LogP contribution in [0.15, 0.2) is 24.3 Å². The largest absolute Gasteiger partial charge is 0.416 e. The van der Waals surface area contributed by atoms with Gasteiger partial charge in [-0.2, -0.15) is 13.2 Å². The van der Waals surface area contributed by atoms with Gasteiger partial charge < -0.3 is 10.6 Å². The van der Waals surface area contributed by atoms with Gasteiger partial charge in [-0.05, 0) is 37.1 Å². The van der Waals surface area contributed by atoms with Crippen molar-refractivity contribution in [3.63, 3.8) is 0 Å². The Bertz CT molecular complexity index is 468. The number of hydrogen-bond donors (Lipinski definition) is 2. The molecular formula is C14H17F3N2O. The van der Waals surface area contributed by atoms with Gasteiger partial charge in [0, 0.05) is 6.54 Å². The molecule has 1 aromatic carbocycles. The molecule has 0 saturated carbocycles. The van der Waals surface area contributed by atoms with Crippen LogP contribution in [0.25, 0.3) is 0 Å². The highest BCUT2D eigenvalue weighted by Crippen LogP contribution is 2.29. The zero-order valence-corrected chi connectivity index (χ0v) is 11.0. The molecule has 1 aromatic rings. The molecule has 0 aliphatic carbocycles. The second-order valence-electron chi connectivity index (χ2n) is 4.92. The summed E-state index contributed by atoms with van der Waals surface area (Å²) in [6.45, 7) is 0.919. The van der Waals surface area contributed by atoms with Crippen LogP contribution < -0.4 is 10.6 Å². The monoisotopic (exact) mass is 286 g/mol. The summed E-state index contributed by atoms with van der Waals surface area (Å²) in [4.78, 5) is 11.9. The summed E-state index contributed by atoms with van der Waals surface area (Å²) in [6, 6.07) is 4.78. The molecule has 1 fully saturated rings. The number of nitrogens with one attached hydrogen (secondary N) is 2. The van der Waals surface area contributed by atoms with Crippen molar-refractivity contribution in [2.24, 2.45) is 0 Å². The van der Waals surface area contributed by atoms with Crippen LogP contribution >= 0.6 is 0 Å². The van der Waals surface area contributed by atoms with Crippen molar-refractivity contribution >= 4 is 5.91 Å². The lowest BCUT2D eigenvalue weighted by atomic mass is 10.0. The molecule has 0 bridgehead atoms. The second kappa shape index (κ2) is 6.26. The summed E-state index contributed by atoms with van der Waals surface area (Å²) < 4.78 is 37.7. The summed E-state index contributed by atoms with van der Waals surface area (Å²) >= 11 is 0. The Kier molecular flexibility index (Phi) is 4.65. The van der Waals surface area contributed by atoms with Crippen LogP contribution in [0, 0.1) is 0 Å². The van der Waals surface area contributed by atoms with Gasteiger partial charge >= 0.3 is 6.18 Å². The Labute approximate surface area is 115 Å². The van der Waals surface area contributed by atoms with E-state index in [0.29, 0.717) is 5.56 Å². The predicted octanol–water partition coefficient (Wildman–Crippen LogP) is 2.46. The maximum absolute atomic E-state index is 12.6. The first-order valence-electron chi connectivity index (χ1n) is 6.64. The predicted molar refractivity (Wildman–Crippen MR) is 68.9 cm³/mol. The molecule has 0 radical (unpaired) electrons. The van der Waals surface area contributed by atoms with Crippen molar-refractivity contribution in [3.8, 4) is 0 Å². The molecule has 2 N–H and O–H groups in total. The third-order valence-electron chi connectivity index (χ3n) is 3.35. The van der Waals surface area contributed by atoms with E-state index in [1.807, 2.05) is 0 Å². The molecule has 3 nitrogen and oxygen atoms in total. The van der Waals surface area contributed by atoms with Crippen molar-refractivity contribution in [3.05, 3.63) is 35.4 Å². The molecule has 6 heteroatoms. The Balaban J connectivity index is 1.92. The topological polar surface area (TPSA) is 41.1 Å². The first-order chi connectivity index (χ1) is 9.47. The maximum Gasteiger partial charge on any atom is 0.416 e. The van der Waals surface area contributed by atoms with E-state index in [1.165, 1.54) is 6.07 Å². The zero-order valence-electron chi connectivity index (χ0n) is 11.0. The number of rotatable bonds is 3. The minimum Gasteiger partial charge on any atom is -0.351 e.